The fourth-order valence-corrected chi connectivity index (χ4v) is 3.53. The molecule has 1 unspecified atom stereocenters. The second-order valence-corrected chi connectivity index (χ2v) is 6.72. The van der Waals surface area contributed by atoms with Gasteiger partial charge in [0.15, 0.2) is 11.5 Å². The molecule has 148 valence electrons. The number of benzene rings is 1. The van der Waals surface area contributed by atoms with Gasteiger partial charge in [-0.05, 0) is 44.4 Å². The van der Waals surface area contributed by atoms with Gasteiger partial charge in [0.25, 0.3) is 5.91 Å². The van der Waals surface area contributed by atoms with Crippen molar-refractivity contribution in [3.63, 3.8) is 0 Å². The second kappa shape index (κ2) is 9.03. The summed E-state index contributed by atoms with van der Waals surface area (Å²) in [6.07, 6.45) is 3.35. The molecule has 3 rings (SSSR count). The fourth-order valence-electron chi connectivity index (χ4n) is 3.53. The van der Waals surface area contributed by atoms with Gasteiger partial charge in [0.05, 0.1) is 7.11 Å². The number of hydrogen-bond acceptors (Lipinski definition) is 5. The van der Waals surface area contributed by atoms with Gasteiger partial charge in [-0.1, -0.05) is 0 Å². The Balaban J connectivity index is 1.27. The van der Waals surface area contributed by atoms with E-state index in [9.17, 15) is 14.0 Å². The maximum absolute atomic E-state index is 13.1. The standard InChI is InChI=1S/C19H26FN3O4/c1-26-17-13-14(20)6-7-16(17)27-12-9-21-8-2-3-10-23-18(24)15-5-4-11-22(15)19(23)25/h6-7,13,15,21H,2-5,8-12H2,1H3. The van der Waals surface area contributed by atoms with Crippen LogP contribution in [0.5, 0.6) is 11.5 Å². The van der Waals surface area contributed by atoms with Gasteiger partial charge in [-0.3, -0.25) is 9.69 Å². The molecule has 7 nitrogen and oxygen atoms in total. The average molecular weight is 379 g/mol. The van der Waals surface area contributed by atoms with Crippen LogP contribution in [0.4, 0.5) is 9.18 Å². The first kappa shape index (κ1) is 19.4. The lowest BCUT2D eigenvalue weighted by molar-refractivity contribution is -0.128. The highest BCUT2D eigenvalue weighted by Crippen LogP contribution is 2.28. The van der Waals surface area contributed by atoms with Gasteiger partial charge in [-0.25, -0.2) is 9.18 Å². The molecule has 2 heterocycles. The zero-order valence-corrected chi connectivity index (χ0v) is 15.6. The first-order chi connectivity index (χ1) is 13.1. The molecule has 0 radical (unpaired) electrons. The minimum absolute atomic E-state index is 0.0351. The van der Waals surface area contributed by atoms with Crippen LogP contribution in [-0.4, -0.2) is 67.7 Å². The maximum Gasteiger partial charge on any atom is 0.327 e. The van der Waals surface area contributed by atoms with Crippen molar-refractivity contribution >= 4 is 11.9 Å². The minimum atomic E-state index is -0.368. The number of halogens is 1. The summed E-state index contributed by atoms with van der Waals surface area (Å²) in [5.74, 6) is 0.475. The molecular formula is C19H26FN3O4. The van der Waals surface area contributed by atoms with Crippen LogP contribution in [0.2, 0.25) is 0 Å². The van der Waals surface area contributed by atoms with E-state index in [1.807, 2.05) is 0 Å². The Morgan fingerprint density at radius 2 is 2.07 bits per heavy atom. The number of ether oxygens (including phenoxy) is 2. The molecule has 2 aliphatic rings. The molecule has 0 aliphatic carbocycles. The third-order valence-electron chi connectivity index (χ3n) is 4.93. The van der Waals surface area contributed by atoms with Gasteiger partial charge in [0.1, 0.15) is 18.5 Å². The largest absolute Gasteiger partial charge is 0.493 e. The number of urea groups is 1. The van der Waals surface area contributed by atoms with Gasteiger partial charge < -0.3 is 19.7 Å². The van der Waals surface area contributed by atoms with Crippen molar-refractivity contribution in [2.45, 2.75) is 31.7 Å². The molecule has 2 fully saturated rings. The van der Waals surface area contributed by atoms with Crippen LogP contribution in [0.1, 0.15) is 25.7 Å². The molecule has 8 heteroatoms. The number of amides is 3. The Bertz CT molecular complexity index is 663. The Kier molecular flexibility index (Phi) is 6.49. The van der Waals surface area contributed by atoms with E-state index in [-0.39, 0.29) is 23.8 Å². The third-order valence-corrected chi connectivity index (χ3v) is 4.93. The first-order valence-electron chi connectivity index (χ1n) is 9.41. The van der Waals surface area contributed by atoms with Crippen LogP contribution in [0.25, 0.3) is 0 Å². The van der Waals surface area contributed by atoms with Crippen molar-refractivity contribution in [2.24, 2.45) is 0 Å². The summed E-state index contributed by atoms with van der Waals surface area (Å²) in [4.78, 5) is 27.5. The van der Waals surface area contributed by atoms with Crippen LogP contribution < -0.4 is 14.8 Å². The lowest BCUT2D eigenvalue weighted by Gasteiger charge is -2.15. The lowest BCUT2D eigenvalue weighted by atomic mass is 10.2. The minimum Gasteiger partial charge on any atom is -0.493 e. The average Bonchev–Trinajstić information content (AvgIpc) is 3.23. The summed E-state index contributed by atoms with van der Waals surface area (Å²) < 4.78 is 23.8. The Morgan fingerprint density at radius 3 is 2.85 bits per heavy atom. The molecule has 27 heavy (non-hydrogen) atoms. The molecular weight excluding hydrogens is 353 g/mol. The van der Waals surface area contributed by atoms with E-state index in [4.69, 9.17) is 9.47 Å². The quantitative estimate of drug-likeness (QED) is 0.497. The predicted octanol–water partition coefficient (Wildman–Crippen LogP) is 2.01. The van der Waals surface area contributed by atoms with Gasteiger partial charge >= 0.3 is 6.03 Å². The SMILES string of the molecule is COc1cc(F)ccc1OCCNCCCCN1C(=O)C2CCCN2C1=O. The molecule has 1 N–H and O–H groups in total. The van der Waals surface area contributed by atoms with Crippen molar-refractivity contribution in [1.29, 1.82) is 0 Å². The number of nitrogens with zero attached hydrogens (tertiary/aromatic N) is 2. The number of rotatable bonds is 10. The smallest absolute Gasteiger partial charge is 0.327 e. The van der Waals surface area contributed by atoms with E-state index in [1.165, 1.54) is 24.1 Å². The summed E-state index contributed by atoms with van der Waals surface area (Å²) in [5.41, 5.74) is 0. The van der Waals surface area contributed by atoms with E-state index in [0.717, 1.165) is 32.2 Å². The predicted molar refractivity (Wildman–Crippen MR) is 97.4 cm³/mol. The third kappa shape index (κ3) is 4.50. The normalized spacial score (nSPS) is 19.0. The van der Waals surface area contributed by atoms with Gasteiger partial charge in [0, 0.05) is 25.7 Å². The Labute approximate surface area is 158 Å². The molecule has 0 bridgehead atoms. The number of carbonyl (C=O) groups excluding carboxylic acids is 2. The number of unbranched alkanes of at least 4 members (excludes halogenated alkanes) is 1. The summed E-state index contributed by atoms with van der Waals surface area (Å²) >= 11 is 0. The topological polar surface area (TPSA) is 71.1 Å². The van der Waals surface area contributed by atoms with Crippen molar-refractivity contribution in [2.75, 3.05) is 39.9 Å². The van der Waals surface area contributed by atoms with E-state index in [2.05, 4.69) is 5.32 Å². The van der Waals surface area contributed by atoms with Crippen LogP contribution in [0, 0.1) is 5.82 Å². The molecule has 1 aromatic rings. The molecule has 2 aliphatic heterocycles. The number of fused-ring (bicyclic) bond motifs is 1. The summed E-state index contributed by atoms with van der Waals surface area (Å²) in [6.45, 7) is 3.02. The van der Waals surface area contributed by atoms with Crippen LogP contribution >= 0.6 is 0 Å². The lowest BCUT2D eigenvalue weighted by Crippen LogP contribution is -2.34. The highest BCUT2D eigenvalue weighted by Gasteiger charge is 2.46. The Morgan fingerprint density at radius 1 is 1.22 bits per heavy atom. The molecule has 1 atom stereocenters. The van der Waals surface area contributed by atoms with Crippen LogP contribution in [0.15, 0.2) is 18.2 Å². The van der Waals surface area contributed by atoms with Gasteiger partial charge in [-0.2, -0.15) is 0 Å². The molecule has 0 spiro atoms. The van der Waals surface area contributed by atoms with Crippen molar-refractivity contribution in [1.82, 2.24) is 15.1 Å². The number of imide groups is 1. The number of carbonyl (C=O) groups is 2. The highest BCUT2D eigenvalue weighted by atomic mass is 19.1. The monoisotopic (exact) mass is 379 g/mol. The zero-order chi connectivity index (χ0) is 19.2. The van der Waals surface area contributed by atoms with E-state index >= 15 is 0 Å². The molecule has 2 saturated heterocycles. The molecule has 3 amide bonds. The molecule has 0 aromatic heterocycles. The molecule has 0 saturated carbocycles. The maximum atomic E-state index is 13.1. The van der Waals surface area contributed by atoms with Crippen molar-refractivity contribution in [3.8, 4) is 11.5 Å². The van der Waals surface area contributed by atoms with Crippen molar-refractivity contribution < 1.29 is 23.5 Å². The van der Waals surface area contributed by atoms with Crippen LogP contribution in [-0.2, 0) is 4.79 Å². The summed E-state index contributed by atoms with van der Waals surface area (Å²) in [5, 5.41) is 3.25. The second-order valence-electron chi connectivity index (χ2n) is 6.72. The van der Waals surface area contributed by atoms with E-state index < -0.39 is 0 Å². The first-order valence-corrected chi connectivity index (χ1v) is 9.41. The number of hydrogen-bond donors (Lipinski definition) is 1. The summed E-state index contributed by atoms with van der Waals surface area (Å²) in [7, 11) is 1.47. The molecule has 1 aromatic carbocycles. The zero-order valence-electron chi connectivity index (χ0n) is 15.6. The van der Waals surface area contributed by atoms with Crippen LogP contribution in [0.3, 0.4) is 0 Å². The number of nitrogens with one attached hydrogen (secondary N) is 1. The fraction of sp³-hybridized carbons (Fsp3) is 0.579. The van der Waals surface area contributed by atoms with Gasteiger partial charge in [-0.15, -0.1) is 0 Å². The van der Waals surface area contributed by atoms with Gasteiger partial charge in [0.2, 0.25) is 0 Å². The van der Waals surface area contributed by atoms with E-state index in [1.54, 1.807) is 11.0 Å². The van der Waals surface area contributed by atoms with E-state index in [0.29, 0.717) is 37.7 Å². The number of methoxy groups -OCH3 is 1. The Hall–Kier alpha value is -2.35. The van der Waals surface area contributed by atoms with Crippen molar-refractivity contribution in [3.05, 3.63) is 24.0 Å². The summed E-state index contributed by atoms with van der Waals surface area (Å²) in [6, 6.07) is 3.82. The highest BCUT2D eigenvalue weighted by molar-refractivity contribution is 6.04.